The fraction of sp³-hybridized carbons (Fsp3) is 0.222. The van der Waals surface area contributed by atoms with E-state index >= 15 is 0 Å². The van der Waals surface area contributed by atoms with Gasteiger partial charge in [-0.1, -0.05) is 6.07 Å². The summed E-state index contributed by atoms with van der Waals surface area (Å²) in [5.41, 5.74) is 9.66. The highest BCUT2D eigenvalue weighted by Gasteiger charge is 2.06. The minimum Gasteiger partial charge on any atom is -0.423 e. The molecule has 24 heavy (non-hydrogen) atoms. The maximum absolute atomic E-state index is 11.7. The number of fused-ring (bicyclic) bond motifs is 1. The lowest BCUT2D eigenvalue weighted by atomic mass is 10.2. The van der Waals surface area contributed by atoms with E-state index in [1.807, 2.05) is 49.4 Å². The summed E-state index contributed by atoms with van der Waals surface area (Å²) in [7, 11) is 0. The van der Waals surface area contributed by atoms with Gasteiger partial charge in [-0.2, -0.15) is 4.98 Å². The second kappa shape index (κ2) is 7.14. The fourth-order valence-corrected chi connectivity index (χ4v) is 2.33. The van der Waals surface area contributed by atoms with Crippen LogP contribution in [0.4, 0.5) is 17.4 Å². The number of rotatable bonds is 6. The van der Waals surface area contributed by atoms with Crippen LogP contribution in [0.25, 0.3) is 11.1 Å². The first-order valence-electron chi connectivity index (χ1n) is 7.88. The van der Waals surface area contributed by atoms with Gasteiger partial charge in [-0.15, -0.1) is 0 Å². The molecule has 124 valence electrons. The highest BCUT2D eigenvalue weighted by Crippen LogP contribution is 2.23. The molecular weight excluding hydrogens is 304 g/mol. The molecule has 3 rings (SSSR count). The third-order valence-corrected chi connectivity index (χ3v) is 3.57. The molecule has 1 amide bonds. The summed E-state index contributed by atoms with van der Waals surface area (Å²) < 4.78 is 5.69. The molecule has 0 fully saturated rings. The minimum atomic E-state index is -0.0320. The summed E-state index contributed by atoms with van der Waals surface area (Å²) in [4.78, 5) is 16.1. The number of hydrogen-bond acceptors (Lipinski definition) is 5. The van der Waals surface area contributed by atoms with Gasteiger partial charge in [-0.25, -0.2) is 0 Å². The summed E-state index contributed by atoms with van der Waals surface area (Å²) in [5.74, 6) is -0.0320. The molecule has 4 N–H and O–H groups in total. The molecule has 0 radical (unpaired) electrons. The standard InChI is InChI=1S/C18H20N4O2/c1-12-4-9-15-16(11-12)24-18(22-15)21-14-7-5-13(6-8-14)20-17(23)3-2-10-19/h4-9,11H,2-3,10,19H2,1H3,(H,20,23)(H,21,22). The minimum absolute atomic E-state index is 0.0320. The van der Waals surface area contributed by atoms with Gasteiger partial charge in [0.2, 0.25) is 5.91 Å². The predicted octanol–water partition coefficient (Wildman–Crippen LogP) is 3.56. The van der Waals surface area contributed by atoms with Crippen molar-refractivity contribution >= 4 is 34.4 Å². The van der Waals surface area contributed by atoms with E-state index in [4.69, 9.17) is 10.2 Å². The van der Waals surface area contributed by atoms with Crippen molar-refractivity contribution < 1.29 is 9.21 Å². The maximum Gasteiger partial charge on any atom is 0.300 e. The van der Waals surface area contributed by atoms with E-state index in [9.17, 15) is 4.79 Å². The van der Waals surface area contributed by atoms with Crippen molar-refractivity contribution in [1.29, 1.82) is 0 Å². The molecule has 0 aliphatic heterocycles. The van der Waals surface area contributed by atoms with Crippen LogP contribution >= 0.6 is 0 Å². The zero-order valence-electron chi connectivity index (χ0n) is 13.5. The number of nitrogens with one attached hydrogen (secondary N) is 2. The summed E-state index contributed by atoms with van der Waals surface area (Å²) >= 11 is 0. The van der Waals surface area contributed by atoms with Crippen molar-refractivity contribution in [2.75, 3.05) is 17.2 Å². The molecule has 1 heterocycles. The lowest BCUT2D eigenvalue weighted by Gasteiger charge is -2.06. The third-order valence-electron chi connectivity index (χ3n) is 3.57. The Morgan fingerprint density at radius 2 is 1.92 bits per heavy atom. The highest BCUT2D eigenvalue weighted by molar-refractivity contribution is 5.90. The van der Waals surface area contributed by atoms with Crippen LogP contribution in [0.1, 0.15) is 18.4 Å². The van der Waals surface area contributed by atoms with Crippen LogP contribution in [0.5, 0.6) is 0 Å². The molecule has 1 aromatic heterocycles. The second-order valence-corrected chi connectivity index (χ2v) is 5.63. The Balaban J connectivity index is 1.65. The van der Waals surface area contributed by atoms with E-state index in [-0.39, 0.29) is 5.91 Å². The molecule has 0 saturated carbocycles. The number of aromatic nitrogens is 1. The van der Waals surface area contributed by atoms with Crippen molar-refractivity contribution in [1.82, 2.24) is 4.98 Å². The highest BCUT2D eigenvalue weighted by atomic mass is 16.4. The van der Waals surface area contributed by atoms with Crippen LogP contribution in [-0.4, -0.2) is 17.4 Å². The molecule has 2 aromatic carbocycles. The van der Waals surface area contributed by atoms with Crippen molar-refractivity contribution in [2.24, 2.45) is 5.73 Å². The van der Waals surface area contributed by atoms with Gasteiger partial charge in [0.15, 0.2) is 5.58 Å². The lowest BCUT2D eigenvalue weighted by molar-refractivity contribution is -0.116. The number of benzene rings is 2. The van der Waals surface area contributed by atoms with Crippen molar-refractivity contribution in [2.45, 2.75) is 19.8 Å². The Kier molecular flexibility index (Phi) is 4.77. The first-order chi connectivity index (χ1) is 11.6. The Labute approximate surface area is 140 Å². The quantitative estimate of drug-likeness (QED) is 0.644. The predicted molar refractivity (Wildman–Crippen MR) is 95.4 cm³/mol. The Morgan fingerprint density at radius 1 is 1.17 bits per heavy atom. The van der Waals surface area contributed by atoms with Crippen LogP contribution in [0.3, 0.4) is 0 Å². The molecule has 6 nitrogen and oxygen atoms in total. The molecule has 3 aromatic rings. The van der Waals surface area contributed by atoms with Crippen molar-refractivity contribution in [3.63, 3.8) is 0 Å². The zero-order chi connectivity index (χ0) is 16.9. The first-order valence-corrected chi connectivity index (χ1v) is 7.88. The maximum atomic E-state index is 11.7. The number of carbonyl (C=O) groups excluding carboxylic acids is 1. The largest absolute Gasteiger partial charge is 0.423 e. The van der Waals surface area contributed by atoms with E-state index < -0.39 is 0 Å². The van der Waals surface area contributed by atoms with Crippen LogP contribution in [0.2, 0.25) is 0 Å². The number of oxazole rings is 1. The summed E-state index contributed by atoms with van der Waals surface area (Å²) in [5, 5.41) is 5.95. The number of nitrogens with zero attached hydrogens (tertiary/aromatic N) is 1. The summed E-state index contributed by atoms with van der Waals surface area (Å²) in [6, 6.07) is 13.7. The monoisotopic (exact) mass is 324 g/mol. The molecular formula is C18H20N4O2. The molecule has 0 saturated heterocycles. The number of aryl methyl sites for hydroxylation is 1. The third kappa shape index (κ3) is 3.91. The SMILES string of the molecule is Cc1ccc2nc(Nc3ccc(NC(=O)CCCN)cc3)oc2c1. The molecule has 0 atom stereocenters. The van der Waals surface area contributed by atoms with Gasteiger partial charge in [0.05, 0.1) is 0 Å². The number of amides is 1. The van der Waals surface area contributed by atoms with Crippen LogP contribution in [0, 0.1) is 6.92 Å². The molecule has 6 heteroatoms. The Bertz CT molecular complexity index is 840. The van der Waals surface area contributed by atoms with E-state index in [2.05, 4.69) is 15.6 Å². The topological polar surface area (TPSA) is 93.2 Å². The van der Waals surface area contributed by atoms with Crippen molar-refractivity contribution in [3.05, 3.63) is 48.0 Å². The average Bonchev–Trinajstić information content (AvgIpc) is 2.96. The number of hydrogen-bond donors (Lipinski definition) is 3. The molecule has 0 spiro atoms. The summed E-state index contributed by atoms with van der Waals surface area (Å²) in [6.07, 6.45) is 1.11. The van der Waals surface area contributed by atoms with E-state index in [1.165, 1.54) is 0 Å². The zero-order valence-corrected chi connectivity index (χ0v) is 13.5. The summed E-state index contributed by atoms with van der Waals surface area (Å²) in [6.45, 7) is 2.52. The molecule has 0 aliphatic rings. The van der Waals surface area contributed by atoms with Gasteiger partial charge < -0.3 is 20.8 Å². The van der Waals surface area contributed by atoms with E-state index in [0.29, 0.717) is 25.4 Å². The van der Waals surface area contributed by atoms with E-state index in [1.54, 1.807) is 0 Å². The fourth-order valence-electron chi connectivity index (χ4n) is 2.33. The van der Waals surface area contributed by atoms with Crippen LogP contribution in [0.15, 0.2) is 46.9 Å². The van der Waals surface area contributed by atoms with Gasteiger partial charge in [-0.05, 0) is 61.9 Å². The van der Waals surface area contributed by atoms with Crippen LogP contribution in [-0.2, 0) is 4.79 Å². The Hall–Kier alpha value is -2.86. The van der Waals surface area contributed by atoms with Crippen LogP contribution < -0.4 is 16.4 Å². The second-order valence-electron chi connectivity index (χ2n) is 5.63. The van der Waals surface area contributed by atoms with Gasteiger partial charge in [0.1, 0.15) is 5.52 Å². The van der Waals surface area contributed by atoms with Gasteiger partial charge in [0.25, 0.3) is 6.01 Å². The number of carbonyl (C=O) groups is 1. The normalized spacial score (nSPS) is 10.8. The average molecular weight is 324 g/mol. The molecule has 0 unspecified atom stereocenters. The van der Waals surface area contributed by atoms with Gasteiger partial charge in [-0.3, -0.25) is 4.79 Å². The molecule has 0 bridgehead atoms. The number of nitrogens with two attached hydrogens (primary N) is 1. The van der Waals surface area contributed by atoms with Gasteiger partial charge in [0, 0.05) is 17.8 Å². The number of anilines is 3. The Morgan fingerprint density at radius 3 is 2.67 bits per heavy atom. The first kappa shape index (κ1) is 16.0. The van der Waals surface area contributed by atoms with E-state index in [0.717, 1.165) is 28.0 Å². The van der Waals surface area contributed by atoms with Crippen molar-refractivity contribution in [3.8, 4) is 0 Å². The lowest BCUT2D eigenvalue weighted by Crippen LogP contribution is -2.13. The smallest absolute Gasteiger partial charge is 0.300 e. The molecule has 0 aliphatic carbocycles. The van der Waals surface area contributed by atoms with Gasteiger partial charge >= 0.3 is 0 Å².